The van der Waals surface area contributed by atoms with Crippen molar-refractivity contribution in [2.24, 2.45) is 5.92 Å². The van der Waals surface area contributed by atoms with Gasteiger partial charge in [0, 0.05) is 19.1 Å². The van der Waals surface area contributed by atoms with Gasteiger partial charge >= 0.3 is 5.97 Å². The number of benzene rings is 1. The van der Waals surface area contributed by atoms with Crippen LogP contribution in [0.3, 0.4) is 0 Å². The Bertz CT molecular complexity index is 837. The Morgan fingerprint density at radius 1 is 1.28 bits per heavy atom. The van der Waals surface area contributed by atoms with E-state index in [0.717, 1.165) is 19.3 Å². The molecule has 1 N–H and O–H groups in total. The second-order valence-electron chi connectivity index (χ2n) is 7.60. The second-order valence-corrected chi connectivity index (χ2v) is 9.46. The van der Waals surface area contributed by atoms with Crippen LogP contribution in [-0.2, 0) is 19.6 Å². The van der Waals surface area contributed by atoms with Gasteiger partial charge in [0.25, 0.3) is 5.91 Å². The summed E-state index contributed by atoms with van der Waals surface area (Å²) in [5, 5.41) is 2.65. The van der Waals surface area contributed by atoms with Crippen molar-refractivity contribution in [2.75, 3.05) is 26.8 Å². The minimum atomic E-state index is -3.84. The van der Waals surface area contributed by atoms with Crippen molar-refractivity contribution in [3.63, 3.8) is 0 Å². The Labute approximate surface area is 172 Å². The molecule has 0 unspecified atom stereocenters. The lowest BCUT2D eigenvalue weighted by molar-refractivity contribution is -0.124. The van der Waals surface area contributed by atoms with Gasteiger partial charge in [0.05, 0.1) is 12.7 Å². The fourth-order valence-corrected chi connectivity index (χ4v) is 5.03. The summed E-state index contributed by atoms with van der Waals surface area (Å²) in [5.41, 5.74) is 0.0469. The van der Waals surface area contributed by atoms with E-state index in [1.165, 1.54) is 29.6 Å². The Kier molecular flexibility index (Phi) is 8.04. The molecule has 9 heteroatoms. The average molecular weight is 427 g/mol. The highest BCUT2D eigenvalue weighted by Gasteiger charge is 2.33. The molecule has 162 valence electrons. The van der Waals surface area contributed by atoms with E-state index in [0.29, 0.717) is 13.1 Å². The number of methoxy groups -OCH3 is 1. The monoisotopic (exact) mass is 426 g/mol. The number of carbonyl (C=O) groups is 2. The highest BCUT2D eigenvalue weighted by molar-refractivity contribution is 7.89. The predicted molar refractivity (Wildman–Crippen MR) is 108 cm³/mol. The molecule has 29 heavy (non-hydrogen) atoms. The first-order valence-corrected chi connectivity index (χ1v) is 11.2. The normalized spacial score (nSPS) is 17.8. The molecule has 1 fully saturated rings. The standard InChI is InChI=1S/C20H30N2O6S/c1-14(2)12-21-19(23)13-28-20(24)16-8-9-17(27-4)18(11-16)29(25,26)22-10-6-5-7-15(22)3/h8-9,11,14-15H,5-7,10,12-13H2,1-4H3,(H,21,23)/t15-/m0/s1. The molecule has 2 rings (SSSR count). The summed E-state index contributed by atoms with van der Waals surface area (Å²) in [4.78, 5) is 24.0. The third-order valence-corrected chi connectivity index (χ3v) is 6.80. The van der Waals surface area contributed by atoms with Crippen molar-refractivity contribution in [1.29, 1.82) is 0 Å². The van der Waals surface area contributed by atoms with Crippen molar-refractivity contribution in [3.05, 3.63) is 23.8 Å². The maximum Gasteiger partial charge on any atom is 0.338 e. The number of nitrogens with one attached hydrogen (secondary N) is 1. The quantitative estimate of drug-likeness (QED) is 0.640. The van der Waals surface area contributed by atoms with Crippen molar-refractivity contribution in [1.82, 2.24) is 9.62 Å². The van der Waals surface area contributed by atoms with E-state index in [1.54, 1.807) is 0 Å². The van der Waals surface area contributed by atoms with Gasteiger partial charge in [-0.1, -0.05) is 20.3 Å². The summed E-state index contributed by atoms with van der Waals surface area (Å²) in [5.74, 6) is -0.735. The largest absolute Gasteiger partial charge is 0.495 e. The van der Waals surface area contributed by atoms with Gasteiger partial charge in [-0.3, -0.25) is 4.79 Å². The second kappa shape index (κ2) is 10.1. The first-order valence-electron chi connectivity index (χ1n) is 9.80. The zero-order valence-electron chi connectivity index (χ0n) is 17.4. The Balaban J connectivity index is 2.19. The minimum absolute atomic E-state index is 0.0469. The smallest absolute Gasteiger partial charge is 0.338 e. The van der Waals surface area contributed by atoms with Gasteiger partial charge in [-0.25, -0.2) is 13.2 Å². The van der Waals surface area contributed by atoms with Crippen molar-refractivity contribution < 1.29 is 27.5 Å². The highest BCUT2D eigenvalue weighted by atomic mass is 32.2. The number of rotatable bonds is 8. The summed E-state index contributed by atoms with van der Waals surface area (Å²) >= 11 is 0. The molecule has 1 amide bonds. The molecular weight excluding hydrogens is 396 g/mol. The van der Waals surface area contributed by atoms with Crippen LogP contribution in [0.25, 0.3) is 0 Å². The van der Waals surface area contributed by atoms with E-state index in [-0.39, 0.29) is 28.2 Å². The molecule has 1 aliphatic rings. The summed E-state index contributed by atoms with van der Waals surface area (Å²) in [6.07, 6.45) is 2.56. The fourth-order valence-electron chi connectivity index (χ4n) is 3.14. The van der Waals surface area contributed by atoms with Crippen LogP contribution < -0.4 is 10.1 Å². The Morgan fingerprint density at radius 2 is 2.00 bits per heavy atom. The number of carbonyl (C=O) groups excluding carboxylic acids is 2. The van der Waals surface area contributed by atoms with E-state index in [2.05, 4.69) is 5.32 Å². The van der Waals surface area contributed by atoms with Gasteiger partial charge in [0.2, 0.25) is 10.0 Å². The predicted octanol–water partition coefficient (Wildman–Crippen LogP) is 2.19. The first-order chi connectivity index (χ1) is 13.7. The number of hydrogen-bond donors (Lipinski definition) is 1. The number of nitrogens with zero attached hydrogens (tertiary/aromatic N) is 1. The molecule has 0 aliphatic carbocycles. The van der Waals surface area contributed by atoms with E-state index < -0.39 is 28.5 Å². The maximum absolute atomic E-state index is 13.2. The van der Waals surface area contributed by atoms with Gasteiger partial charge in [-0.05, 0) is 43.9 Å². The Morgan fingerprint density at radius 3 is 2.62 bits per heavy atom. The average Bonchev–Trinajstić information content (AvgIpc) is 2.70. The molecule has 0 bridgehead atoms. The third kappa shape index (κ3) is 5.93. The van der Waals surface area contributed by atoms with Gasteiger partial charge in [0.1, 0.15) is 10.6 Å². The lowest BCUT2D eigenvalue weighted by Gasteiger charge is -2.32. The molecule has 0 aromatic heterocycles. The van der Waals surface area contributed by atoms with Crippen LogP contribution >= 0.6 is 0 Å². The molecule has 1 aromatic rings. The lowest BCUT2D eigenvalue weighted by Crippen LogP contribution is -2.42. The zero-order valence-corrected chi connectivity index (χ0v) is 18.3. The summed E-state index contributed by atoms with van der Waals surface area (Å²) < 4.78 is 38.1. The molecule has 1 heterocycles. The molecule has 0 saturated carbocycles. The van der Waals surface area contributed by atoms with E-state index in [4.69, 9.17) is 9.47 Å². The molecular formula is C20H30N2O6S. The zero-order chi connectivity index (χ0) is 21.6. The van der Waals surface area contributed by atoms with Crippen molar-refractivity contribution in [3.8, 4) is 5.75 Å². The van der Waals surface area contributed by atoms with Crippen molar-refractivity contribution >= 4 is 21.9 Å². The lowest BCUT2D eigenvalue weighted by atomic mass is 10.1. The van der Waals surface area contributed by atoms with Gasteiger partial charge in [-0.15, -0.1) is 0 Å². The molecule has 1 atom stereocenters. The SMILES string of the molecule is COc1ccc(C(=O)OCC(=O)NCC(C)C)cc1S(=O)(=O)N1CCCC[C@@H]1C. The van der Waals surface area contributed by atoms with Crippen LogP contribution in [-0.4, -0.2) is 57.4 Å². The van der Waals surface area contributed by atoms with Crippen LogP contribution in [0.4, 0.5) is 0 Å². The van der Waals surface area contributed by atoms with E-state index >= 15 is 0 Å². The van der Waals surface area contributed by atoms with Crippen LogP contribution in [0.2, 0.25) is 0 Å². The number of hydrogen-bond acceptors (Lipinski definition) is 6. The number of esters is 1. The molecule has 1 saturated heterocycles. The molecule has 0 radical (unpaired) electrons. The summed E-state index contributed by atoms with van der Waals surface area (Å²) in [6, 6.07) is 3.98. The Hall–Kier alpha value is -2.13. The van der Waals surface area contributed by atoms with E-state index in [1.807, 2.05) is 20.8 Å². The maximum atomic E-state index is 13.2. The van der Waals surface area contributed by atoms with Crippen LogP contribution in [0, 0.1) is 5.92 Å². The van der Waals surface area contributed by atoms with Crippen LogP contribution in [0.1, 0.15) is 50.4 Å². The van der Waals surface area contributed by atoms with Gasteiger partial charge < -0.3 is 14.8 Å². The molecule has 8 nitrogen and oxygen atoms in total. The van der Waals surface area contributed by atoms with Crippen LogP contribution in [0.15, 0.2) is 23.1 Å². The van der Waals surface area contributed by atoms with Gasteiger partial charge in [-0.2, -0.15) is 4.31 Å². The number of amides is 1. The number of ether oxygens (including phenoxy) is 2. The third-order valence-electron chi connectivity index (χ3n) is 4.77. The summed E-state index contributed by atoms with van der Waals surface area (Å²) in [6.45, 7) is 6.26. The fraction of sp³-hybridized carbons (Fsp3) is 0.600. The van der Waals surface area contributed by atoms with Gasteiger partial charge in [0.15, 0.2) is 6.61 Å². The molecule has 1 aromatic carbocycles. The molecule has 0 spiro atoms. The highest BCUT2D eigenvalue weighted by Crippen LogP contribution is 2.31. The van der Waals surface area contributed by atoms with Crippen molar-refractivity contribution in [2.45, 2.75) is 51.0 Å². The minimum Gasteiger partial charge on any atom is -0.495 e. The van der Waals surface area contributed by atoms with Crippen LogP contribution in [0.5, 0.6) is 5.75 Å². The summed E-state index contributed by atoms with van der Waals surface area (Å²) in [7, 11) is -2.46. The number of piperidine rings is 1. The van der Waals surface area contributed by atoms with E-state index in [9.17, 15) is 18.0 Å². The topological polar surface area (TPSA) is 102 Å². The first kappa shape index (κ1) is 23.2. The number of sulfonamides is 1. The molecule has 1 aliphatic heterocycles.